The van der Waals surface area contributed by atoms with Gasteiger partial charge in [0.05, 0.1) is 33.8 Å². The van der Waals surface area contributed by atoms with E-state index in [0.717, 1.165) is 36.1 Å². The maximum Gasteiger partial charge on any atom is 0.0930 e. The summed E-state index contributed by atoms with van der Waals surface area (Å²) in [5, 5.41) is 12.6. The molecule has 5 nitrogen and oxygen atoms in total. The highest BCUT2D eigenvalue weighted by atomic mass is 79.9. The molecule has 0 aliphatic heterocycles. The molecule has 21 heavy (non-hydrogen) atoms. The van der Waals surface area contributed by atoms with Gasteiger partial charge in [-0.2, -0.15) is 10.2 Å². The Morgan fingerprint density at radius 3 is 2.67 bits per heavy atom. The van der Waals surface area contributed by atoms with Crippen molar-refractivity contribution >= 4 is 15.9 Å². The van der Waals surface area contributed by atoms with Crippen molar-refractivity contribution in [3.05, 3.63) is 33.8 Å². The van der Waals surface area contributed by atoms with Crippen molar-refractivity contribution in [2.24, 2.45) is 7.05 Å². The molecule has 1 atom stereocenters. The minimum Gasteiger partial charge on any atom is -0.304 e. The molecule has 0 amide bonds. The zero-order valence-corrected chi connectivity index (χ0v) is 14.8. The van der Waals surface area contributed by atoms with Gasteiger partial charge in [-0.15, -0.1) is 0 Å². The van der Waals surface area contributed by atoms with Crippen molar-refractivity contribution in [3.8, 4) is 0 Å². The second-order valence-electron chi connectivity index (χ2n) is 5.32. The van der Waals surface area contributed by atoms with Crippen LogP contribution in [0.5, 0.6) is 0 Å². The van der Waals surface area contributed by atoms with E-state index in [1.54, 1.807) is 0 Å². The number of nitrogens with one attached hydrogen (secondary N) is 1. The predicted molar refractivity (Wildman–Crippen MR) is 88.3 cm³/mol. The normalized spacial score (nSPS) is 12.8. The number of nitrogens with zero attached hydrogens (tertiary/aromatic N) is 4. The van der Waals surface area contributed by atoms with E-state index >= 15 is 0 Å². The van der Waals surface area contributed by atoms with Crippen molar-refractivity contribution in [3.63, 3.8) is 0 Å². The van der Waals surface area contributed by atoms with Crippen LogP contribution in [-0.2, 0) is 13.6 Å². The zero-order chi connectivity index (χ0) is 15.4. The van der Waals surface area contributed by atoms with Crippen LogP contribution < -0.4 is 5.32 Å². The van der Waals surface area contributed by atoms with Crippen LogP contribution in [0.2, 0.25) is 0 Å². The van der Waals surface area contributed by atoms with Crippen LogP contribution in [0.3, 0.4) is 0 Å². The fraction of sp³-hybridized carbons (Fsp3) is 0.600. The van der Waals surface area contributed by atoms with Gasteiger partial charge in [-0.25, -0.2) is 0 Å². The van der Waals surface area contributed by atoms with Crippen molar-refractivity contribution in [1.82, 2.24) is 24.9 Å². The van der Waals surface area contributed by atoms with E-state index in [9.17, 15) is 0 Å². The quantitative estimate of drug-likeness (QED) is 0.831. The maximum atomic E-state index is 4.50. The van der Waals surface area contributed by atoms with Crippen molar-refractivity contribution in [1.29, 1.82) is 0 Å². The van der Waals surface area contributed by atoms with E-state index in [-0.39, 0.29) is 6.04 Å². The summed E-state index contributed by atoms with van der Waals surface area (Å²) in [6.45, 7) is 8.25. The summed E-state index contributed by atoms with van der Waals surface area (Å²) in [4.78, 5) is 0. The number of aryl methyl sites for hydroxylation is 3. The Morgan fingerprint density at radius 1 is 1.33 bits per heavy atom. The Labute approximate surface area is 134 Å². The summed E-state index contributed by atoms with van der Waals surface area (Å²) in [7, 11) is 2.00. The van der Waals surface area contributed by atoms with Gasteiger partial charge >= 0.3 is 0 Å². The third-order valence-corrected chi connectivity index (χ3v) is 4.09. The fourth-order valence-corrected chi connectivity index (χ4v) is 3.10. The van der Waals surface area contributed by atoms with Gasteiger partial charge in [0, 0.05) is 13.6 Å². The highest BCUT2D eigenvalue weighted by Gasteiger charge is 2.24. The zero-order valence-electron chi connectivity index (χ0n) is 13.2. The first kappa shape index (κ1) is 16.2. The molecule has 1 N–H and O–H groups in total. The topological polar surface area (TPSA) is 47.7 Å². The van der Waals surface area contributed by atoms with E-state index in [1.807, 2.05) is 24.9 Å². The van der Waals surface area contributed by atoms with E-state index in [4.69, 9.17) is 0 Å². The summed E-state index contributed by atoms with van der Waals surface area (Å²) in [6.07, 6.45) is 4.04. The van der Waals surface area contributed by atoms with Crippen LogP contribution >= 0.6 is 15.9 Å². The highest BCUT2D eigenvalue weighted by molar-refractivity contribution is 9.10. The van der Waals surface area contributed by atoms with Crippen molar-refractivity contribution < 1.29 is 0 Å². The SMILES string of the molecule is CCCNC(c1cc(C)nn1C)c1c(Br)cnn1CCC. The molecule has 6 heteroatoms. The van der Waals surface area contributed by atoms with Gasteiger partial charge in [0.1, 0.15) is 0 Å². The first-order valence-electron chi connectivity index (χ1n) is 7.53. The molecule has 116 valence electrons. The Morgan fingerprint density at radius 2 is 2.10 bits per heavy atom. The summed E-state index contributed by atoms with van der Waals surface area (Å²) >= 11 is 3.66. The second kappa shape index (κ2) is 7.22. The molecule has 0 bridgehead atoms. The lowest BCUT2D eigenvalue weighted by Crippen LogP contribution is -2.28. The number of hydrogen-bond donors (Lipinski definition) is 1. The van der Waals surface area contributed by atoms with Gasteiger partial charge in [-0.3, -0.25) is 9.36 Å². The maximum absolute atomic E-state index is 4.50. The lowest BCUT2D eigenvalue weighted by atomic mass is 10.1. The Hall–Kier alpha value is -1.14. The number of aromatic nitrogens is 4. The molecular weight excluding hydrogens is 330 g/mol. The summed E-state index contributed by atoms with van der Waals surface area (Å²) in [5.41, 5.74) is 3.38. The highest BCUT2D eigenvalue weighted by Crippen LogP contribution is 2.29. The van der Waals surface area contributed by atoms with Gasteiger partial charge < -0.3 is 5.32 Å². The van der Waals surface area contributed by atoms with Crippen LogP contribution in [0.4, 0.5) is 0 Å². The minimum absolute atomic E-state index is 0.0968. The van der Waals surface area contributed by atoms with E-state index in [1.165, 1.54) is 11.4 Å². The Bertz CT molecular complexity index is 587. The van der Waals surface area contributed by atoms with Gasteiger partial charge in [0.15, 0.2) is 0 Å². The molecule has 2 heterocycles. The Balaban J connectivity index is 2.45. The molecule has 0 aliphatic carbocycles. The molecule has 2 aromatic heterocycles. The molecule has 0 fully saturated rings. The number of rotatable bonds is 7. The molecule has 0 saturated carbocycles. The first-order chi connectivity index (χ1) is 10.1. The third-order valence-electron chi connectivity index (χ3n) is 3.47. The minimum atomic E-state index is 0.0968. The van der Waals surface area contributed by atoms with Gasteiger partial charge in [-0.1, -0.05) is 13.8 Å². The van der Waals surface area contributed by atoms with E-state index < -0.39 is 0 Å². The average Bonchev–Trinajstić information content (AvgIpc) is 2.96. The van der Waals surface area contributed by atoms with Crippen LogP contribution in [0, 0.1) is 6.92 Å². The lowest BCUT2D eigenvalue weighted by molar-refractivity contribution is 0.489. The number of halogens is 1. The second-order valence-corrected chi connectivity index (χ2v) is 6.18. The Kier molecular flexibility index (Phi) is 5.58. The molecule has 0 saturated heterocycles. The van der Waals surface area contributed by atoms with E-state index in [0.29, 0.717) is 0 Å². The van der Waals surface area contributed by atoms with Crippen LogP contribution in [0.1, 0.15) is 49.8 Å². The molecule has 2 aromatic rings. The molecule has 0 aromatic carbocycles. The monoisotopic (exact) mass is 353 g/mol. The molecular formula is C15H24BrN5. The molecule has 0 spiro atoms. The van der Waals surface area contributed by atoms with Crippen LogP contribution in [0.15, 0.2) is 16.7 Å². The smallest absolute Gasteiger partial charge is 0.0930 e. The molecule has 1 unspecified atom stereocenters. The predicted octanol–water partition coefficient (Wildman–Crippen LogP) is 3.19. The lowest BCUT2D eigenvalue weighted by Gasteiger charge is -2.21. The summed E-state index contributed by atoms with van der Waals surface area (Å²) in [5.74, 6) is 0. The number of hydrogen-bond acceptors (Lipinski definition) is 3. The average molecular weight is 354 g/mol. The van der Waals surface area contributed by atoms with Crippen molar-refractivity contribution in [2.45, 2.75) is 46.2 Å². The van der Waals surface area contributed by atoms with Crippen LogP contribution in [0.25, 0.3) is 0 Å². The third kappa shape index (κ3) is 3.55. The molecule has 0 radical (unpaired) electrons. The summed E-state index contributed by atoms with van der Waals surface area (Å²) in [6, 6.07) is 2.24. The van der Waals surface area contributed by atoms with Crippen molar-refractivity contribution in [2.75, 3.05) is 6.54 Å². The van der Waals surface area contributed by atoms with Crippen LogP contribution in [-0.4, -0.2) is 26.1 Å². The van der Waals surface area contributed by atoms with Gasteiger partial charge in [0.2, 0.25) is 0 Å². The first-order valence-corrected chi connectivity index (χ1v) is 8.32. The van der Waals surface area contributed by atoms with Gasteiger partial charge in [-0.05, 0) is 48.3 Å². The fourth-order valence-electron chi connectivity index (χ4n) is 2.58. The van der Waals surface area contributed by atoms with Gasteiger partial charge in [0.25, 0.3) is 0 Å². The largest absolute Gasteiger partial charge is 0.304 e. The summed E-state index contributed by atoms with van der Waals surface area (Å²) < 4.78 is 5.08. The molecule has 0 aliphatic rings. The molecule has 2 rings (SSSR count). The standard InChI is InChI=1S/C15H24BrN5/c1-5-7-17-14(13-9-11(3)19-20(13)4)15-12(16)10-18-21(15)8-6-2/h9-10,14,17H,5-8H2,1-4H3. The van der Waals surface area contributed by atoms with E-state index in [2.05, 4.69) is 56.0 Å².